The van der Waals surface area contributed by atoms with Crippen LogP contribution < -0.4 is 20.2 Å². The van der Waals surface area contributed by atoms with Gasteiger partial charge in [-0.25, -0.2) is 9.82 Å². The highest BCUT2D eigenvalue weighted by molar-refractivity contribution is 9.10. The van der Waals surface area contributed by atoms with Gasteiger partial charge in [-0.15, -0.1) is 0 Å². The van der Waals surface area contributed by atoms with Crippen molar-refractivity contribution in [1.82, 2.24) is 10.7 Å². The van der Waals surface area contributed by atoms with Gasteiger partial charge in [0.1, 0.15) is 17.3 Å². The van der Waals surface area contributed by atoms with E-state index in [0.29, 0.717) is 21.5 Å². The molecule has 2 aromatic carbocycles. The molecule has 9 heteroatoms. The molecule has 0 aliphatic heterocycles. The first-order valence-electron chi connectivity index (χ1n) is 8.22. The maximum atomic E-state index is 13.5. The minimum Gasteiger partial charge on any atom is -0.496 e. The van der Waals surface area contributed by atoms with Crippen LogP contribution in [0.4, 0.5) is 4.39 Å². The molecule has 0 unspecified atom stereocenters. The van der Waals surface area contributed by atoms with Crippen LogP contribution in [0.5, 0.6) is 11.5 Å². The van der Waals surface area contributed by atoms with E-state index in [1.165, 1.54) is 31.5 Å². The van der Waals surface area contributed by atoms with Crippen molar-refractivity contribution in [1.29, 1.82) is 0 Å². The number of carbonyl (C=O) groups excluding carboxylic acids is 2. The van der Waals surface area contributed by atoms with E-state index in [1.807, 2.05) is 0 Å². The van der Waals surface area contributed by atoms with Crippen molar-refractivity contribution in [3.8, 4) is 11.5 Å². The molecule has 0 aliphatic rings. The average Bonchev–Trinajstić information content (AvgIpc) is 2.68. The molecule has 7 nitrogen and oxygen atoms in total. The molecule has 0 atom stereocenters. The van der Waals surface area contributed by atoms with Gasteiger partial charge in [0, 0.05) is 24.6 Å². The van der Waals surface area contributed by atoms with Crippen LogP contribution in [0, 0.1) is 5.82 Å². The summed E-state index contributed by atoms with van der Waals surface area (Å²) in [6.07, 6.45) is 1.42. The average molecular weight is 452 g/mol. The zero-order valence-corrected chi connectivity index (χ0v) is 16.9. The van der Waals surface area contributed by atoms with Gasteiger partial charge < -0.3 is 14.8 Å². The van der Waals surface area contributed by atoms with Crippen molar-refractivity contribution >= 4 is 34.0 Å². The number of nitrogens with one attached hydrogen (secondary N) is 2. The molecule has 2 N–H and O–H groups in total. The monoisotopic (exact) mass is 451 g/mol. The summed E-state index contributed by atoms with van der Waals surface area (Å²) in [4.78, 5) is 23.7. The third kappa shape index (κ3) is 5.78. The highest BCUT2D eigenvalue weighted by atomic mass is 79.9. The largest absolute Gasteiger partial charge is 0.496 e. The SMILES string of the molecule is COc1cc(OC)c(C=NNC(=O)CCNC(=O)c2ccccc2F)cc1Br. The van der Waals surface area contributed by atoms with Crippen LogP contribution in [0.15, 0.2) is 46.0 Å². The van der Waals surface area contributed by atoms with Gasteiger partial charge in [0.05, 0.1) is 30.5 Å². The fourth-order valence-corrected chi connectivity index (χ4v) is 2.77. The van der Waals surface area contributed by atoms with Crippen LogP contribution in [0.2, 0.25) is 0 Å². The predicted octanol–water partition coefficient (Wildman–Crippen LogP) is 2.88. The Hall–Kier alpha value is -2.94. The Morgan fingerprint density at radius 2 is 1.89 bits per heavy atom. The second kappa shape index (κ2) is 10.4. The molecule has 2 aromatic rings. The molecular formula is C19H19BrFN3O4. The summed E-state index contributed by atoms with van der Waals surface area (Å²) in [5.41, 5.74) is 2.92. The van der Waals surface area contributed by atoms with E-state index in [-0.39, 0.29) is 18.5 Å². The van der Waals surface area contributed by atoms with Crippen LogP contribution in [0.1, 0.15) is 22.3 Å². The second-order valence-corrected chi connectivity index (χ2v) is 6.36. The molecule has 0 aromatic heterocycles. The predicted molar refractivity (Wildman–Crippen MR) is 106 cm³/mol. The van der Waals surface area contributed by atoms with Gasteiger partial charge in [0.25, 0.3) is 5.91 Å². The van der Waals surface area contributed by atoms with Gasteiger partial charge >= 0.3 is 0 Å². The highest BCUT2D eigenvalue weighted by Gasteiger charge is 2.11. The van der Waals surface area contributed by atoms with Gasteiger partial charge in [-0.2, -0.15) is 5.10 Å². The molecule has 0 aliphatic carbocycles. The number of hydrogen-bond donors (Lipinski definition) is 2. The Kier molecular flexibility index (Phi) is 7.94. The molecule has 2 rings (SSSR count). The van der Waals surface area contributed by atoms with E-state index in [0.717, 1.165) is 0 Å². The van der Waals surface area contributed by atoms with Crippen molar-refractivity contribution in [2.75, 3.05) is 20.8 Å². The summed E-state index contributed by atoms with van der Waals surface area (Å²) in [7, 11) is 3.05. The molecule has 148 valence electrons. The Balaban J connectivity index is 1.85. The van der Waals surface area contributed by atoms with E-state index in [2.05, 4.69) is 31.8 Å². The normalized spacial score (nSPS) is 10.6. The van der Waals surface area contributed by atoms with Gasteiger partial charge in [-0.3, -0.25) is 9.59 Å². The van der Waals surface area contributed by atoms with Crippen molar-refractivity contribution in [3.05, 3.63) is 57.8 Å². The zero-order valence-electron chi connectivity index (χ0n) is 15.3. The molecule has 0 bridgehead atoms. The van der Waals surface area contributed by atoms with Crippen molar-refractivity contribution in [2.24, 2.45) is 5.10 Å². The van der Waals surface area contributed by atoms with Crippen LogP contribution in [0.3, 0.4) is 0 Å². The summed E-state index contributed by atoms with van der Waals surface area (Å²) in [5.74, 6) is -0.480. The Bertz CT molecular complexity index is 889. The van der Waals surface area contributed by atoms with Gasteiger partial charge in [-0.1, -0.05) is 12.1 Å². The molecule has 0 saturated heterocycles. The number of amides is 2. The van der Waals surface area contributed by atoms with Crippen LogP contribution in [-0.2, 0) is 4.79 Å². The lowest BCUT2D eigenvalue weighted by Gasteiger charge is -2.09. The minimum absolute atomic E-state index is 0.0129. The number of halogens is 2. The number of hydrogen-bond acceptors (Lipinski definition) is 5. The summed E-state index contributed by atoms with van der Waals surface area (Å²) in [6, 6.07) is 9.05. The topological polar surface area (TPSA) is 89.0 Å². The lowest BCUT2D eigenvalue weighted by atomic mass is 10.2. The zero-order chi connectivity index (χ0) is 20.5. The number of ether oxygens (including phenoxy) is 2. The van der Waals surface area contributed by atoms with Crippen molar-refractivity contribution in [3.63, 3.8) is 0 Å². The lowest BCUT2D eigenvalue weighted by Crippen LogP contribution is -2.29. The highest BCUT2D eigenvalue weighted by Crippen LogP contribution is 2.31. The lowest BCUT2D eigenvalue weighted by molar-refractivity contribution is -0.120. The summed E-state index contributed by atoms with van der Waals surface area (Å²) < 4.78 is 24.7. The molecule has 0 saturated carbocycles. The van der Waals surface area contributed by atoms with Crippen molar-refractivity contribution < 1.29 is 23.5 Å². The van der Waals surface area contributed by atoms with E-state index in [9.17, 15) is 14.0 Å². The smallest absolute Gasteiger partial charge is 0.254 e. The quantitative estimate of drug-likeness (QED) is 0.476. The molecule has 2 amide bonds. The fraction of sp³-hybridized carbons (Fsp3) is 0.211. The van der Waals surface area contributed by atoms with Gasteiger partial charge in [0.15, 0.2) is 0 Å². The number of rotatable bonds is 8. The van der Waals surface area contributed by atoms with Crippen LogP contribution >= 0.6 is 15.9 Å². The van der Waals surface area contributed by atoms with E-state index < -0.39 is 17.6 Å². The van der Waals surface area contributed by atoms with Crippen LogP contribution in [0.25, 0.3) is 0 Å². The number of hydrazone groups is 1. The number of carbonyl (C=O) groups is 2. The van der Waals surface area contributed by atoms with Gasteiger partial charge in [-0.05, 0) is 34.1 Å². The Morgan fingerprint density at radius 3 is 2.57 bits per heavy atom. The number of benzene rings is 2. The molecule has 0 spiro atoms. The second-order valence-electron chi connectivity index (χ2n) is 5.51. The first-order valence-corrected chi connectivity index (χ1v) is 9.01. The third-order valence-electron chi connectivity index (χ3n) is 3.65. The molecule has 0 radical (unpaired) electrons. The summed E-state index contributed by atoms with van der Waals surface area (Å²) in [6.45, 7) is 0.0475. The van der Waals surface area contributed by atoms with Gasteiger partial charge in [0.2, 0.25) is 5.91 Å². The van der Waals surface area contributed by atoms with E-state index >= 15 is 0 Å². The maximum Gasteiger partial charge on any atom is 0.254 e. The number of methoxy groups -OCH3 is 2. The molecular weight excluding hydrogens is 433 g/mol. The summed E-state index contributed by atoms with van der Waals surface area (Å²) >= 11 is 3.37. The summed E-state index contributed by atoms with van der Waals surface area (Å²) in [5, 5.41) is 6.36. The standard InChI is InChI=1S/C19H19BrFN3O4/c1-27-16-10-17(28-2)14(20)9-12(16)11-23-24-18(25)7-8-22-19(26)13-5-3-4-6-15(13)21/h3-6,9-11H,7-8H2,1-2H3,(H,22,26)(H,24,25). The maximum absolute atomic E-state index is 13.5. The van der Waals surface area contributed by atoms with Crippen LogP contribution in [-0.4, -0.2) is 38.8 Å². The number of nitrogens with zero attached hydrogens (tertiary/aromatic N) is 1. The van der Waals surface area contributed by atoms with E-state index in [1.54, 1.807) is 25.3 Å². The van der Waals surface area contributed by atoms with Crippen molar-refractivity contribution in [2.45, 2.75) is 6.42 Å². The fourth-order valence-electron chi connectivity index (χ4n) is 2.24. The molecule has 0 fully saturated rings. The molecule has 28 heavy (non-hydrogen) atoms. The minimum atomic E-state index is -0.617. The Labute approximate surface area is 170 Å². The van der Waals surface area contributed by atoms with E-state index in [4.69, 9.17) is 9.47 Å². The molecule has 0 heterocycles. The Morgan fingerprint density at radius 1 is 1.18 bits per heavy atom. The first kappa shape index (κ1) is 21.4. The first-order chi connectivity index (χ1) is 13.5. The third-order valence-corrected chi connectivity index (χ3v) is 4.27.